The molecule has 2 fully saturated rings. The zero-order valence-electron chi connectivity index (χ0n) is 8.37. The van der Waals surface area contributed by atoms with Gasteiger partial charge in [-0.1, -0.05) is 12.1 Å². The molecule has 0 aliphatic heterocycles. The summed E-state index contributed by atoms with van der Waals surface area (Å²) in [4.78, 5) is 0. The van der Waals surface area contributed by atoms with Crippen molar-refractivity contribution in [3.05, 3.63) is 29.8 Å². The molecular weight excluding hydrogens is 172 g/mol. The summed E-state index contributed by atoms with van der Waals surface area (Å²) in [5.74, 6) is 1.38. The number of phenols is 1. The lowest BCUT2D eigenvalue weighted by Gasteiger charge is -2.27. The van der Waals surface area contributed by atoms with Gasteiger partial charge in [-0.3, -0.25) is 0 Å². The van der Waals surface area contributed by atoms with Gasteiger partial charge in [-0.05, 0) is 61.1 Å². The van der Waals surface area contributed by atoms with Crippen molar-refractivity contribution in [1.82, 2.24) is 0 Å². The molecule has 14 heavy (non-hydrogen) atoms. The second-order valence-electron chi connectivity index (χ2n) is 4.97. The van der Waals surface area contributed by atoms with Crippen LogP contribution in [-0.2, 0) is 5.41 Å². The van der Waals surface area contributed by atoms with Gasteiger partial charge in [-0.25, -0.2) is 0 Å². The van der Waals surface area contributed by atoms with Crippen LogP contribution < -0.4 is 0 Å². The van der Waals surface area contributed by atoms with E-state index in [0.717, 1.165) is 5.92 Å². The molecule has 1 nitrogen and oxygen atoms in total. The predicted octanol–water partition coefficient (Wildman–Crippen LogP) is 3.22. The molecule has 3 rings (SSSR count). The molecule has 0 aromatic heterocycles. The van der Waals surface area contributed by atoms with Gasteiger partial charge in [0.1, 0.15) is 5.75 Å². The zero-order chi connectivity index (χ0) is 9.60. The van der Waals surface area contributed by atoms with Crippen LogP contribution in [0.15, 0.2) is 24.3 Å². The number of benzene rings is 1. The second kappa shape index (κ2) is 2.75. The van der Waals surface area contributed by atoms with Crippen molar-refractivity contribution < 1.29 is 5.11 Å². The molecule has 0 unspecified atom stereocenters. The Hall–Kier alpha value is -0.980. The highest BCUT2D eigenvalue weighted by atomic mass is 16.3. The summed E-state index contributed by atoms with van der Waals surface area (Å²) in [5, 5.41) is 9.27. The van der Waals surface area contributed by atoms with Crippen molar-refractivity contribution in [2.45, 2.75) is 37.5 Å². The Balaban J connectivity index is 1.98. The molecule has 0 heterocycles. The molecule has 1 aromatic carbocycles. The normalized spacial score (nSPS) is 35.0. The third-order valence-corrected chi connectivity index (χ3v) is 4.22. The SMILES string of the molecule is Oc1ccc(C23CCC(CC2)C3)cc1. The summed E-state index contributed by atoms with van der Waals surface area (Å²) >= 11 is 0. The van der Waals surface area contributed by atoms with Gasteiger partial charge in [0.2, 0.25) is 0 Å². The molecule has 2 aliphatic rings. The fourth-order valence-corrected chi connectivity index (χ4v) is 3.41. The Kier molecular flexibility index (Phi) is 1.64. The Labute approximate surface area is 84.8 Å². The molecule has 0 spiro atoms. The maximum absolute atomic E-state index is 9.27. The van der Waals surface area contributed by atoms with Crippen molar-refractivity contribution in [3.63, 3.8) is 0 Å². The molecule has 0 saturated heterocycles. The van der Waals surface area contributed by atoms with Gasteiger partial charge in [0, 0.05) is 0 Å². The summed E-state index contributed by atoms with van der Waals surface area (Å²) in [5.41, 5.74) is 1.94. The third-order valence-electron chi connectivity index (χ3n) is 4.22. The van der Waals surface area contributed by atoms with Crippen molar-refractivity contribution in [2.75, 3.05) is 0 Å². The Morgan fingerprint density at radius 1 is 1.07 bits per heavy atom. The van der Waals surface area contributed by atoms with Gasteiger partial charge < -0.3 is 5.11 Å². The molecule has 74 valence electrons. The van der Waals surface area contributed by atoms with E-state index in [9.17, 15) is 5.11 Å². The number of fused-ring (bicyclic) bond motifs is 2. The molecular formula is C13H16O. The lowest BCUT2D eigenvalue weighted by atomic mass is 9.78. The number of rotatable bonds is 1. The maximum Gasteiger partial charge on any atom is 0.115 e. The van der Waals surface area contributed by atoms with Crippen LogP contribution in [0.4, 0.5) is 0 Å². The number of phenolic OH excluding ortho intramolecular Hbond substituents is 1. The molecule has 0 atom stereocenters. The summed E-state index contributed by atoms with van der Waals surface area (Å²) < 4.78 is 0. The van der Waals surface area contributed by atoms with Crippen LogP contribution in [0.2, 0.25) is 0 Å². The first kappa shape index (κ1) is 8.34. The average molecular weight is 188 g/mol. The van der Waals surface area contributed by atoms with E-state index in [1.54, 1.807) is 0 Å². The van der Waals surface area contributed by atoms with Gasteiger partial charge in [-0.15, -0.1) is 0 Å². The Bertz CT molecular complexity index is 331. The zero-order valence-corrected chi connectivity index (χ0v) is 8.37. The smallest absolute Gasteiger partial charge is 0.115 e. The summed E-state index contributed by atoms with van der Waals surface area (Å²) in [6.45, 7) is 0. The van der Waals surface area contributed by atoms with Crippen LogP contribution in [0.5, 0.6) is 5.75 Å². The van der Waals surface area contributed by atoms with Crippen molar-refractivity contribution in [1.29, 1.82) is 0 Å². The number of hydrogen-bond acceptors (Lipinski definition) is 1. The van der Waals surface area contributed by atoms with Crippen LogP contribution in [0.25, 0.3) is 0 Å². The van der Waals surface area contributed by atoms with Gasteiger partial charge in [0.25, 0.3) is 0 Å². The van der Waals surface area contributed by atoms with Crippen LogP contribution >= 0.6 is 0 Å². The molecule has 1 N–H and O–H groups in total. The quantitative estimate of drug-likeness (QED) is 0.717. The first-order valence-electron chi connectivity index (χ1n) is 5.58. The first-order valence-corrected chi connectivity index (χ1v) is 5.58. The second-order valence-corrected chi connectivity index (χ2v) is 4.97. The Morgan fingerprint density at radius 2 is 1.71 bits per heavy atom. The minimum atomic E-state index is 0.387. The Morgan fingerprint density at radius 3 is 2.21 bits per heavy atom. The first-order chi connectivity index (χ1) is 6.78. The minimum Gasteiger partial charge on any atom is -0.508 e. The van der Waals surface area contributed by atoms with E-state index in [4.69, 9.17) is 0 Å². The fraction of sp³-hybridized carbons (Fsp3) is 0.538. The van der Waals surface area contributed by atoms with Crippen LogP contribution in [0, 0.1) is 5.92 Å². The lowest BCUT2D eigenvalue weighted by molar-refractivity contribution is 0.417. The molecule has 2 aliphatic carbocycles. The third kappa shape index (κ3) is 1.08. The van der Waals surface area contributed by atoms with Gasteiger partial charge in [0.15, 0.2) is 0 Å². The molecule has 2 saturated carbocycles. The highest BCUT2D eigenvalue weighted by Crippen LogP contribution is 2.55. The van der Waals surface area contributed by atoms with E-state index in [2.05, 4.69) is 12.1 Å². The van der Waals surface area contributed by atoms with Crippen LogP contribution in [0.3, 0.4) is 0 Å². The van der Waals surface area contributed by atoms with E-state index in [1.165, 1.54) is 37.7 Å². The van der Waals surface area contributed by atoms with Gasteiger partial charge >= 0.3 is 0 Å². The van der Waals surface area contributed by atoms with E-state index in [1.807, 2.05) is 12.1 Å². The van der Waals surface area contributed by atoms with E-state index >= 15 is 0 Å². The summed E-state index contributed by atoms with van der Waals surface area (Å²) in [6.07, 6.45) is 6.95. The fourth-order valence-electron chi connectivity index (χ4n) is 3.41. The summed E-state index contributed by atoms with van der Waals surface area (Å²) in [7, 11) is 0. The topological polar surface area (TPSA) is 20.2 Å². The minimum absolute atomic E-state index is 0.387. The van der Waals surface area contributed by atoms with Crippen molar-refractivity contribution >= 4 is 0 Å². The lowest BCUT2D eigenvalue weighted by Crippen LogP contribution is -2.19. The molecule has 1 aromatic rings. The number of hydrogen-bond donors (Lipinski definition) is 1. The average Bonchev–Trinajstić information content (AvgIpc) is 2.79. The highest BCUT2D eigenvalue weighted by Gasteiger charge is 2.45. The maximum atomic E-state index is 9.27. The number of aromatic hydroxyl groups is 1. The van der Waals surface area contributed by atoms with Crippen molar-refractivity contribution in [2.24, 2.45) is 5.92 Å². The van der Waals surface area contributed by atoms with Crippen molar-refractivity contribution in [3.8, 4) is 5.75 Å². The summed E-state index contributed by atoms with van der Waals surface area (Å²) in [6, 6.07) is 7.89. The van der Waals surface area contributed by atoms with Crippen LogP contribution in [0.1, 0.15) is 37.7 Å². The van der Waals surface area contributed by atoms with Crippen LogP contribution in [-0.4, -0.2) is 5.11 Å². The molecule has 0 radical (unpaired) electrons. The highest BCUT2D eigenvalue weighted by molar-refractivity contribution is 5.33. The van der Waals surface area contributed by atoms with Gasteiger partial charge in [-0.2, -0.15) is 0 Å². The van der Waals surface area contributed by atoms with Gasteiger partial charge in [0.05, 0.1) is 0 Å². The molecule has 1 heteroatoms. The molecule has 2 bridgehead atoms. The monoisotopic (exact) mass is 188 g/mol. The predicted molar refractivity (Wildman–Crippen MR) is 56.4 cm³/mol. The van der Waals surface area contributed by atoms with E-state index < -0.39 is 0 Å². The largest absolute Gasteiger partial charge is 0.508 e. The standard InChI is InChI=1S/C13H16O/c14-12-3-1-11(2-4-12)13-7-5-10(9-13)6-8-13/h1-4,10,14H,5-9H2. The van der Waals surface area contributed by atoms with E-state index in [-0.39, 0.29) is 0 Å². The molecule has 0 amide bonds. The van der Waals surface area contributed by atoms with E-state index in [0.29, 0.717) is 11.2 Å².